The number of aliphatic hydroxyl groups excluding tert-OH is 1. The van der Waals surface area contributed by atoms with E-state index in [4.69, 9.17) is 9.72 Å². The van der Waals surface area contributed by atoms with Gasteiger partial charge in [0.15, 0.2) is 0 Å². The molecule has 0 radical (unpaired) electrons. The van der Waals surface area contributed by atoms with Crippen molar-refractivity contribution in [1.29, 1.82) is 0 Å². The highest BCUT2D eigenvalue weighted by Crippen LogP contribution is 2.36. The van der Waals surface area contributed by atoms with Crippen LogP contribution in [0.2, 0.25) is 0 Å². The summed E-state index contributed by atoms with van der Waals surface area (Å²) in [6.07, 6.45) is 6.70. The average Bonchev–Trinajstić information content (AvgIpc) is 3.76. The molecular weight excluding hydrogens is 495 g/mol. The number of anilines is 2. The van der Waals surface area contributed by atoms with Crippen LogP contribution in [-0.4, -0.2) is 56.8 Å². The van der Waals surface area contributed by atoms with Gasteiger partial charge in [0.05, 0.1) is 30.8 Å². The summed E-state index contributed by atoms with van der Waals surface area (Å²) >= 11 is 0. The second-order valence-electron chi connectivity index (χ2n) is 10.8. The Balaban J connectivity index is 1.21. The Bertz CT molecular complexity index is 1520. The van der Waals surface area contributed by atoms with Crippen molar-refractivity contribution in [1.82, 2.24) is 24.6 Å². The Morgan fingerprint density at radius 3 is 2.92 bits per heavy atom. The molecule has 4 aromatic rings. The molecule has 7 rings (SSSR count). The minimum absolute atomic E-state index is 0.187. The van der Waals surface area contributed by atoms with Crippen molar-refractivity contribution in [2.75, 3.05) is 31.7 Å². The van der Waals surface area contributed by atoms with Crippen LogP contribution in [0, 0.1) is 5.82 Å². The fourth-order valence-corrected chi connectivity index (χ4v) is 6.42. The molecule has 3 aliphatic heterocycles. The summed E-state index contributed by atoms with van der Waals surface area (Å²) in [7, 11) is 0. The zero-order chi connectivity index (χ0) is 26.3. The van der Waals surface area contributed by atoms with Crippen molar-refractivity contribution in [3.63, 3.8) is 0 Å². The van der Waals surface area contributed by atoms with Crippen LogP contribution in [0.3, 0.4) is 0 Å². The summed E-state index contributed by atoms with van der Waals surface area (Å²) in [5.41, 5.74) is 8.42. The lowest BCUT2D eigenvalue weighted by Gasteiger charge is -2.25. The predicted octanol–water partition coefficient (Wildman–Crippen LogP) is 4.34. The van der Waals surface area contributed by atoms with Gasteiger partial charge in [0.2, 0.25) is 0 Å². The molecule has 0 aliphatic carbocycles. The van der Waals surface area contributed by atoms with Gasteiger partial charge in [0.25, 0.3) is 0 Å². The number of nitrogens with one attached hydrogen (secondary N) is 2. The SMILES string of the molecule is OC[C@@H]1CCCN1Cc1nc(Nc2ccc(-c3cnc4cc(F)ccn34)c3c2CNC3)ccc1[C@H]1CCOC1. The lowest BCUT2D eigenvalue weighted by Crippen LogP contribution is -2.32. The van der Waals surface area contributed by atoms with Crippen molar-refractivity contribution in [3.8, 4) is 11.3 Å². The van der Waals surface area contributed by atoms with E-state index in [0.717, 1.165) is 87.1 Å². The van der Waals surface area contributed by atoms with E-state index in [9.17, 15) is 9.50 Å². The van der Waals surface area contributed by atoms with E-state index in [1.807, 2.05) is 10.6 Å². The standard InChI is InChI=1S/C30H33FN6O2/c31-20-7-10-37-28(15-33-30(37)12-20)23-3-5-26(25-14-32-13-24(23)25)34-29-6-4-22(19-8-11-39-18-19)27(35-29)16-36-9-1-2-21(36)17-38/h3-7,10,12,15,19,21,32,38H,1-2,8-9,11,13-14,16-18H2,(H,34,35)/t19-,21-/m0/s1. The smallest absolute Gasteiger partial charge is 0.140 e. The predicted molar refractivity (Wildman–Crippen MR) is 147 cm³/mol. The molecule has 2 saturated heterocycles. The summed E-state index contributed by atoms with van der Waals surface area (Å²) < 4.78 is 21.4. The third kappa shape index (κ3) is 4.59. The van der Waals surface area contributed by atoms with Gasteiger partial charge >= 0.3 is 0 Å². The van der Waals surface area contributed by atoms with E-state index in [1.54, 1.807) is 6.20 Å². The molecule has 0 bridgehead atoms. The lowest BCUT2D eigenvalue weighted by atomic mass is 9.96. The fraction of sp³-hybridized carbons (Fsp3) is 0.400. The minimum Gasteiger partial charge on any atom is -0.395 e. The minimum atomic E-state index is -0.291. The molecule has 3 N–H and O–H groups in total. The Labute approximate surface area is 226 Å². The molecule has 2 fully saturated rings. The molecule has 39 heavy (non-hydrogen) atoms. The Kier molecular flexibility index (Phi) is 6.52. The third-order valence-corrected chi connectivity index (χ3v) is 8.49. The van der Waals surface area contributed by atoms with Gasteiger partial charge in [-0.2, -0.15) is 0 Å². The van der Waals surface area contributed by atoms with Gasteiger partial charge in [-0.15, -0.1) is 0 Å². The van der Waals surface area contributed by atoms with Gasteiger partial charge in [-0.05, 0) is 60.7 Å². The average molecular weight is 529 g/mol. The van der Waals surface area contributed by atoms with Crippen molar-refractivity contribution in [2.45, 2.75) is 50.9 Å². The van der Waals surface area contributed by atoms with E-state index < -0.39 is 0 Å². The van der Waals surface area contributed by atoms with Gasteiger partial charge in [0, 0.05) is 61.7 Å². The van der Waals surface area contributed by atoms with Crippen LogP contribution in [0.4, 0.5) is 15.9 Å². The number of likely N-dealkylation sites (tertiary alicyclic amines) is 1. The number of halogens is 1. The maximum atomic E-state index is 13.7. The molecule has 6 heterocycles. The van der Waals surface area contributed by atoms with E-state index in [-0.39, 0.29) is 18.5 Å². The zero-order valence-electron chi connectivity index (χ0n) is 21.9. The summed E-state index contributed by atoms with van der Waals surface area (Å²) in [6.45, 7) is 4.95. The maximum absolute atomic E-state index is 13.7. The Morgan fingerprint density at radius 2 is 2.05 bits per heavy atom. The first-order chi connectivity index (χ1) is 19.2. The van der Waals surface area contributed by atoms with Crippen molar-refractivity contribution < 1.29 is 14.2 Å². The van der Waals surface area contributed by atoms with Gasteiger partial charge in [-0.1, -0.05) is 12.1 Å². The van der Waals surface area contributed by atoms with Crippen LogP contribution in [0.5, 0.6) is 0 Å². The Morgan fingerprint density at radius 1 is 1.13 bits per heavy atom. The number of rotatable bonds is 7. The van der Waals surface area contributed by atoms with Crippen molar-refractivity contribution in [3.05, 3.63) is 77.0 Å². The van der Waals surface area contributed by atoms with Crippen LogP contribution >= 0.6 is 0 Å². The number of fused-ring (bicyclic) bond motifs is 2. The van der Waals surface area contributed by atoms with Gasteiger partial charge < -0.3 is 20.5 Å². The number of nitrogens with zero attached hydrogens (tertiary/aromatic N) is 4. The molecule has 0 amide bonds. The molecule has 3 aliphatic rings. The van der Waals surface area contributed by atoms with E-state index >= 15 is 0 Å². The molecule has 0 unspecified atom stereocenters. The summed E-state index contributed by atoms with van der Waals surface area (Å²) in [4.78, 5) is 11.9. The summed E-state index contributed by atoms with van der Waals surface area (Å²) in [5, 5.41) is 17.0. The number of aliphatic hydroxyl groups is 1. The van der Waals surface area contributed by atoms with Gasteiger partial charge in [-0.3, -0.25) is 9.30 Å². The second kappa shape index (κ2) is 10.3. The lowest BCUT2D eigenvalue weighted by molar-refractivity contribution is 0.152. The molecule has 8 nitrogen and oxygen atoms in total. The van der Waals surface area contributed by atoms with Crippen LogP contribution < -0.4 is 10.6 Å². The zero-order valence-corrected chi connectivity index (χ0v) is 21.9. The highest BCUT2D eigenvalue weighted by atomic mass is 19.1. The first kappa shape index (κ1) is 24.7. The number of hydrogen-bond acceptors (Lipinski definition) is 7. The molecular formula is C30H33FN6O2. The van der Waals surface area contributed by atoms with Crippen molar-refractivity contribution in [2.24, 2.45) is 0 Å². The summed E-state index contributed by atoms with van der Waals surface area (Å²) in [5.74, 6) is 0.893. The molecule has 0 spiro atoms. The summed E-state index contributed by atoms with van der Waals surface area (Å²) in [6, 6.07) is 11.6. The van der Waals surface area contributed by atoms with Crippen molar-refractivity contribution >= 4 is 17.2 Å². The normalized spacial score (nSPS) is 21.2. The molecule has 0 saturated carbocycles. The van der Waals surface area contributed by atoms with E-state index in [1.165, 1.54) is 28.8 Å². The highest BCUT2D eigenvalue weighted by molar-refractivity contribution is 5.75. The monoisotopic (exact) mass is 528 g/mol. The first-order valence-corrected chi connectivity index (χ1v) is 13.9. The fourth-order valence-electron chi connectivity index (χ4n) is 6.42. The quantitative estimate of drug-likeness (QED) is 0.329. The van der Waals surface area contributed by atoms with Crippen LogP contribution in [0.1, 0.15) is 47.6 Å². The number of benzene rings is 1. The molecule has 3 aromatic heterocycles. The topological polar surface area (TPSA) is 87.0 Å². The number of pyridine rings is 2. The van der Waals surface area contributed by atoms with Crippen LogP contribution in [0.15, 0.2) is 48.8 Å². The third-order valence-electron chi connectivity index (χ3n) is 8.49. The largest absolute Gasteiger partial charge is 0.395 e. The highest BCUT2D eigenvalue weighted by Gasteiger charge is 2.28. The molecule has 9 heteroatoms. The van der Waals surface area contributed by atoms with Gasteiger partial charge in [0.1, 0.15) is 17.3 Å². The number of hydrogen-bond donors (Lipinski definition) is 3. The van der Waals surface area contributed by atoms with Crippen LogP contribution in [0.25, 0.3) is 16.9 Å². The molecule has 2 atom stereocenters. The molecule has 202 valence electrons. The maximum Gasteiger partial charge on any atom is 0.140 e. The van der Waals surface area contributed by atoms with Crippen LogP contribution in [-0.2, 0) is 24.4 Å². The van der Waals surface area contributed by atoms with E-state index in [2.05, 4.69) is 44.8 Å². The Hall–Kier alpha value is -3.37. The first-order valence-electron chi connectivity index (χ1n) is 13.9. The molecule has 1 aromatic carbocycles. The second-order valence-corrected chi connectivity index (χ2v) is 10.8. The van der Waals surface area contributed by atoms with E-state index in [0.29, 0.717) is 11.6 Å². The number of imidazole rings is 1. The van der Waals surface area contributed by atoms with Gasteiger partial charge in [-0.25, -0.2) is 14.4 Å². The number of aromatic nitrogens is 3. The number of ether oxygens (including phenoxy) is 1.